The van der Waals surface area contributed by atoms with Crippen molar-refractivity contribution < 1.29 is 9.59 Å². The third-order valence-corrected chi connectivity index (χ3v) is 3.32. The van der Waals surface area contributed by atoms with E-state index < -0.39 is 0 Å². The number of aldehydes is 1. The minimum Gasteiger partial charge on any atom is -0.322 e. The van der Waals surface area contributed by atoms with Crippen LogP contribution in [0.25, 0.3) is 0 Å². The van der Waals surface area contributed by atoms with E-state index in [1.54, 1.807) is 24.3 Å². The zero-order chi connectivity index (χ0) is 15.5. The van der Waals surface area contributed by atoms with Crippen molar-refractivity contribution in [2.24, 2.45) is 0 Å². The van der Waals surface area contributed by atoms with Gasteiger partial charge in [0.2, 0.25) is 0 Å². The van der Waals surface area contributed by atoms with Gasteiger partial charge in [-0.3, -0.25) is 9.59 Å². The van der Waals surface area contributed by atoms with Gasteiger partial charge in [0.25, 0.3) is 5.91 Å². The Morgan fingerprint density at radius 2 is 1.52 bits per heavy atom. The summed E-state index contributed by atoms with van der Waals surface area (Å²) >= 11 is 0. The normalized spacial score (nSPS) is 11.0. The lowest BCUT2D eigenvalue weighted by atomic mass is 9.87. The molecule has 108 valence electrons. The Morgan fingerprint density at radius 3 is 2.00 bits per heavy atom. The Bertz CT molecular complexity index is 634. The Kier molecular flexibility index (Phi) is 4.22. The van der Waals surface area contributed by atoms with Crippen molar-refractivity contribution in [3.05, 3.63) is 65.2 Å². The average Bonchev–Trinajstić information content (AvgIpc) is 2.47. The van der Waals surface area contributed by atoms with Crippen LogP contribution >= 0.6 is 0 Å². The molecule has 0 spiro atoms. The molecule has 3 nitrogen and oxygen atoms in total. The van der Waals surface area contributed by atoms with Crippen molar-refractivity contribution in [2.45, 2.75) is 26.2 Å². The van der Waals surface area contributed by atoms with Crippen LogP contribution in [0.15, 0.2) is 48.5 Å². The van der Waals surface area contributed by atoms with E-state index in [9.17, 15) is 9.59 Å². The van der Waals surface area contributed by atoms with Crippen molar-refractivity contribution >= 4 is 17.9 Å². The maximum atomic E-state index is 12.1. The largest absolute Gasteiger partial charge is 0.322 e. The standard InChI is InChI=1S/C18H19NO2/c1-18(2,3)15-8-6-14(7-9-15)17(21)19-16-10-4-13(12-20)5-11-16/h4-12H,1-3H3,(H,19,21). The highest BCUT2D eigenvalue weighted by Crippen LogP contribution is 2.22. The maximum absolute atomic E-state index is 12.1. The molecule has 0 saturated heterocycles. The molecule has 0 aliphatic rings. The van der Waals surface area contributed by atoms with Gasteiger partial charge in [0, 0.05) is 16.8 Å². The van der Waals surface area contributed by atoms with Crippen LogP contribution in [0.3, 0.4) is 0 Å². The van der Waals surface area contributed by atoms with Gasteiger partial charge in [0.15, 0.2) is 0 Å². The van der Waals surface area contributed by atoms with Crippen LogP contribution in [0.4, 0.5) is 5.69 Å². The van der Waals surface area contributed by atoms with Gasteiger partial charge in [0.05, 0.1) is 0 Å². The molecule has 0 heterocycles. The molecule has 2 aromatic carbocycles. The molecule has 2 aromatic rings. The molecule has 0 unspecified atom stereocenters. The van der Waals surface area contributed by atoms with Crippen LogP contribution in [-0.2, 0) is 5.41 Å². The topological polar surface area (TPSA) is 46.2 Å². The van der Waals surface area contributed by atoms with Gasteiger partial charge in [-0.15, -0.1) is 0 Å². The van der Waals surface area contributed by atoms with Gasteiger partial charge in [-0.25, -0.2) is 0 Å². The van der Waals surface area contributed by atoms with Crippen LogP contribution in [0.5, 0.6) is 0 Å². The maximum Gasteiger partial charge on any atom is 0.255 e. The van der Waals surface area contributed by atoms with Gasteiger partial charge in [0.1, 0.15) is 6.29 Å². The van der Waals surface area contributed by atoms with Gasteiger partial charge in [-0.2, -0.15) is 0 Å². The molecule has 1 amide bonds. The zero-order valence-electron chi connectivity index (χ0n) is 12.5. The van der Waals surface area contributed by atoms with Gasteiger partial charge in [-0.1, -0.05) is 32.9 Å². The smallest absolute Gasteiger partial charge is 0.255 e. The van der Waals surface area contributed by atoms with Crippen molar-refractivity contribution in [3.8, 4) is 0 Å². The molecule has 0 aromatic heterocycles. The predicted octanol–water partition coefficient (Wildman–Crippen LogP) is 4.05. The second-order valence-electron chi connectivity index (χ2n) is 6.02. The fourth-order valence-electron chi connectivity index (χ4n) is 1.97. The number of hydrogen-bond acceptors (Lipinski definition) is 2. The number of carbonyl (C=O) groups is 2. The fraction of sp³-hybridized carbons (Fsp3) is 0.222. The van der Waals surface area contributed by atoms with Crippen LogP contribution < -0.4 is 5.32 Å². The first kappa shape index (κ1) is 15.0. The summed E-state index contributed by atoms with van der Waals surface area (Å²) in [6, 6.07) is 14.4. The highest BCUT2D eigenvalue weighted by molar-refractivity contribution is 6.04. The summed E-state index contributed by atoms with van der Waals surface area (Å²) in [5.74, 6) is -0.158. The van der Waals surface area contributed by atoms with Gasteiger partial charge < -0.3 is 5.32 Å². The summed E-state index contributed by atoms with van der Waals surface area (Å²) in [5, 5.41) is 2.81. The Labute approximate surface area is 125 Å². The van der Waals surface area contributed by atoms with E-state index in [1.807, 2.05) is 24.3 Å². The highest BCUT2D eigenvalue weighted by atomic mass is 16.1. The van der Waals surface area contributed by atoms with Crippen LogP contribution in [0, 0.1) is 0 Å². The van der Waals surface area contributed by atoms with E-state index in [2.05, 4.69) is 26.1 Å². The van der Waals surface area contributed by atoms with E-state index in [-0.39, 0.29) is 11.3 Å². The van der Waals surface area contributed by atoms with Crippen molar-refractivity contribution in [1.29, 1.82) is 0 Å². The summed E-state index contributed by atoms with van der Waals surface area (Å²) in [7, 11) is 0. The number of nitrogens with one attached hydrogen (secondary N) is 1. The molecule has 0 radical (unpaired) electrons. The predicted molar refractivity (Wildman–Crippen MR) is 84.9 cm³/mol. The molecule has 0 bridgehead atoms. The molecule has 0 aliphatic carbocycles. The molecule has 2 rings (SSSR count). The summed E-state index contributed by atoms with van der Waals surface area (Å²) in [4.78, 5) is 22.7. The second-order valence-corrected chi connectivity index (χ2v) is 6.02. The van der Waals surface area contributed by atoms with E-state index in [0.717, 1.165) is 6.29 Å². The van der Waals surface area contributed by atoms with E-state index in [0.29, 0.717) is 16.8 Å². The van der Waals surface area contributed by atoms with Crippen molar-refractivity contribution in [3.63, 3.8) is 0 Å². The first-order valence-electron chi connectivity index (χ1n) is 6.87. The Hall–Kier alpha value is -2.42. The third kappa shape index (κ3) is 3.78. The monoisotopic (exact) mass is 281 g/mol. The molecule has 0 saturated carbocycles. The van der Waals surface area contributed by atoms with Crippen LogP contribution in [-0.4, -0.2) is 12.2 Å². The Morgan fingerprint density at radius 1 is 0.952 bits per heavy atom. The quantitative estimate of drug-likeness (QED) is 0.863. The molecule has 0 fully saturated rings. The highest BCUT2D eigenvalue weighted by Gasteiger charge is 2.14. The average molecular weight is 281 g/mol. The lowest BCUT2D eigenvalue weighted by Gasteiger charge is -2.19. The number of hydrogen-bond donors (Lipinski definition) is 1. The second kappa shape index (κ2) is 5.92. The lowest BCUT2D eigenvalue weighted by molar-refractivity contribution is 0.102. The SMILES string of the molecule is CC(C)(C)c1ccc(C(=O)Nc2ccc(C=O)cc2)cc1. The molecule has 1 N–H and O–H groups in total. The van der Waals surface area contributed by atoms with Crippen LogP contribution in [0.2, 0.25) is 0 Å². The van der Waals surface area contributed by atoms with E-state index in [1.165, 1.54) is 5.56 Å². The molecule has 21 heavy (non-hydrogen) atoms. The molecular formula is C18H19NO2. The van der Waals surface area contributed by atoms with Gasteiger partial charge in [-0.05, 0) is 47.4 Å². The minimum absolute atomic E-state index is 0.0691. The molecular weight excluding hydrogens is 262 g/mol. The van der Waals surface area contributed by atoms with Crippen LogP contribution in [0.1, 0.15) is 47.1 Å². The number of benzene rings is 2. The van der Waals surface area contributed by atoms with Gasteiger partial charge >= 0.3 is 0 Å². The molecule has 3 heteroatoms. The number of anilines is 1. The number of rotatable bonds is 3. The minimum atomic E-state index is -0.158. The number of carbonyl (C=O) groups excluding carboxylic acids is 2. The molecule has 0 atom stereocenters. The summed E-state index contributed by atoms with van der Waals surface area (Å²) in [5.41, 5.74) is 3.13. The van der Waals surface area contributed by atoms with Crippen molar-refractivity contribution in [1.82, 2.24) is 0 Å². The lowest BCUT2D eigenvalue weighted by Crippen LogP contribution is -2.14. The summed E-state index contributed by atoms with van der Waals surface area (Å²) < 4.78 is 0. The molecule has 0 aliphatic heterocycles. The van der Waals surface area contributed by atoms with E-state index in [4.69, 9.17) is 0 Å². The van der Waals surface area contributed by atoms with E-state index >= 15 is 0 Å². The zero-order valence-corrected chi connectivity index (χ0v) is 12.5. The summed E-state index contributed by atoms with van der Waals surface area (Å²) in [6.07, 6.45) is 0.775. The first-order chi connectivity index (χ1) is 9.90. The first-order valence-corrected chi connectivity index (χ1v) is 6.87. The fourth-order valence-corrected chi connectivity index (χ4v) is 1.97. The summed E-state index contributed by atoms with van der Waals surface area (Å²) in [6.45, 7) is 6.41. The number of amides is 1. The Balaban J connectivity index is 2.11. The third-order valence-electron chi connectivity index (χ3n) is 3.32. The van der Waals surface area contributed by atoms with Crippen molar-refractivity contribution in [2.75, 3.05) is 5.32 Å².